The Balaban J connectivity index is 1.38. The molecule has 2 fully saturated rings. The first-order chi connectivity index (χ1) is 17.7. The van der Waals surface area contributed by atoms with Crippen molar-refractivity contribution < 1.29 is 28.0 Å². The van der Waals surface area contributed by atoms with Gasteiger partial charge in [-0.15, -0.1) is 0 Å². The highest BCUT2D eigenvalue weighted by atomic mass is 19.1. The fourth-order valence-corrected chi connectivity index (χ4v) is 5.92. The lowest BCUT2D eigenvalue weighted by Gasteiger charge is -2.50. The number of hydrogen-bond donors (Lipinski definition) is 2. The quantitative estimate of drug-likeness (QED) is 0.599. The number of anilines is 1. The summed E-state index contributed by atoms with van der Waals surface area (Å²) in [5.74, 6) is -2.57. The van der Waals surface area contributed by atoms with Crippen LogP contribution >= 0.6 is 0 Å². The zero-order valence-corrected chi connectivity index (χ0v) is 21.8. The van der Waals surface area contributed by atoms with Gasteiger partial charge in [0.2, 0.25) is 11.8 Å². The van der Waals surface area contributed by atoms with Crippen molar-refractivity contribution in [2.45, 2.75) is 57.5 Å². The smallest absolute Gasteiger partial charge is 0.324 e. The van der Waals surface area contributed by atoms with E-state index in [0.717, 1.165) is 17.2 Å². The summed E-state index contributed by atoms with van der Waals surface area (Å²) in [6.07, 6.45) is 1.62. The van der Waals surface area contributed by atoms with Crippen molar-refractivity contribution >= 4 is 29.4 Å². The number of imide groups is 1. The van der Waals surface area contributed by atoms with Gasteiger partial charge in [0.25, 0.3) is 5.91 Å². The molecular weight excluding hydrogens is 494 g/mol. The number of carbonyl (C=O) groups is 4. The Morgan fingerprint density at radius 1 is 0.974 bits per heavy atom. The average molecular weight is 525 g/mol. The number of halogens is 2. The third-order valence-electron chi connectivity index (χ3n) is 8.49. The van der Waals surface area contributed by atoms with Gasteiger partial charge in [0.05, 0.1) is 5.54 Å². The molecule has 1 aliphatic carbocycles. The van der Waals surface area contributed by atoms with E-state index in [4.69, 9.17) is 0 Å². The van der Waals surface area contributed by atoms with Crippen molar-refractivity contribution in [3.63, 3.8) is 0 Å². The lowest BCUT2D eigenvalue weighted by Crippen LogP contribution is -2.58. The highest BCUT2D eigenvalue weighted by Gasteiger charge is 2.54. The average Bonchev–Trinajstić information content (AvgIpc) is 3.32. The molecule has 2 N–H and O–H groups in total. The summed E-state index contributed by atoms with van der Waals surface area (Å²) in [5, 5.41) is 5.19. The van der Waals surface area contributed by atoms with Gasteiger partial charge >= 0.3 is 6.03 Å². The molecule has 2 heterocycles. The van der Waals surface area contributed by atoms with Crippen LogP contribution in [0.5, 0.6) is 0 Å². The molecule has 0 radical (unpaired) electrons. The molecule has 3 aliphatic rings. The molecule has 0 bridgehead atoms. The topological polar surface area (TPSA) is 98.8 Å². The van der Waals surface area contributed by atoms with Crippen LogP contribution in [0.3, 0.4) is 0 Å². The number of urea groups is 1. The molecule has 2 atom stereocenters. The largest absolute Gasteiger partial charge is 0.325 e. The van der Waals surface area contributed by atoms with E-state index in [9.17, 15) is 28.0 Å². The first-order valence-corrected chi connectivity index (χ1v) is 12.5. The minimum absolute atomic E-state index is 0.276. The van der Waals surface area contributed by atoms with Gasteiger partial charge in [-0.25, -0.2) is 13.6 Å². The molecule has 10 heteroatoms. The number of hydrogen-bond acceptors (Lipinski definition) is 4. The predicted molar refractivity (Wildman–Crippen MR) is 135 cm³/mol. The Bertz CT molecular complexity index is 1370. The van der Waals surface area contributed by atoms with Crippen LogP contribution in [0.25, 0.3) is 0 Å². The van der Waals surface area contributed by atoms with Crippen LogP contribution in [0.15, 0.2) is 36.4 Å². The van der Waals surface area contributed by atoms with Crippen LogP contribution in [0.2, 0.25) is 0 Å². The summed E-state index contributed by atoms with van der Waals surface area (Å²) < 4.78 is 28.2. The van der Waals surface area contributed by atoms with Gasteiger partial charge in [0, 0.05) is 37.1 Å². The second-order valence-electron chi connectivity index (χ2n) is 11.4. The summed E-state index contributed by atoms with van der Waals surface area (Å²) >= 11 is 0. The van der Waals surface area contributed by atoms with Crippen LogP contribution in [0.1, 0.15) is 50.3 Å². The molecule has 2 aromatic carbocycles. The van der Waals surface area contributed by atoms with Gasteiger partial charge in [-0.2, -0.15) is 0 Å². The number of amides is 5. The van der Waals surface area contributed by atoms with Crippen molar-refractivity contribution in [1.82, 2.24) is 15.1 Å². The lowest BCUT2D eigenvalue weighted by molar-refractivity contribution is -0.156. The van der Waals surface area contributed by atoms with E-state index in [2.05, 4.69) is 10.6 Å². The molecule has 2 aliphatic heterocycles. The van der Waals surface area contributed by atoms with Crippen LogP contribution in [-0.4, -0.2) is 52.7 Å². The molecule has 200 valence electrons. The third-order valence-corrected chi connectivity index (χ3v) is 8.49. The Kier molecular flexibility index (Phi) is 5.85. The molecule has 0 aromatic heterocycles. The summed E-state index contributed by atoms with van der Waals surface area (Å²) in [5.41, 5.74) is -0.259. The monoisotopic (exact) mass is 524 g/mol. The Hall–Kier alpha value is -3.82. The molecule has 5 amide bonds. The van der Waals surface area contributed by atoms with Crippen LogP contribution in [-0.2, 0) is 32.8 Å². The maximum Gasteiger partial charge on any atom is 0.324 e. The van der Waals surface area contributed by atoms with Gasteiger partial charge in [-0.1, -0.05) is 19.9 Å². The lowest BCUT2D eigenvalue weighted by atomic mass is 9.72. The molecule has 2 unspecified atom stereocenters. The van der Waals surface area contributed by atoms with E-state index in [1.165, 1.54) is 21.9 Å². The Morgan fingerprint density at radius 2 is 1.63 bits per heavy atom. The molecule has 38 heavy (non-hydrogen) atoms. The van der Waals surface area contributed by atoms with E-state index in [0.29, 0.717) is 36.9 Å². The van der Waals surface area contributed by atoms with Gasteiger partial charge in [-0.05, 0) is 60.7 Å². The van der Waals surface area contributed by atoms with Gasteiger partial charge < -0.3 is 15.1 Å². The second-order valence-corrected chi connectivity index (χ2v) is 11.4. The normalized spacial score (nSPS) is 26.1. The summed E-state index contributed by atoms with van der Waals surface area (Å²) in [6.45, 7) is 5.00. The van der Waals surface area contributed by atoms with E-state index < -0.39 is 40.1 Å². The number of rotatable bonds is 4. The Labute approximate surface area is 219 Å². The van der Waals surface area contributed by atoms with E-state index in [1.807, 2.05) is 6.07 Å². The van der Waals surface area contributed by atoms with Crippen molar-refractivity contribution in [3.8, 4) is 0 Å². The van der Waals surface area contributed by atoms with E-state index in [-0.39, 0.29) is 18.4 Å². The molecule has 0 saturated carbocycles. The number of fused-ring (bicyclic) bond motifs is 1. The van der Waals surface area contributed by atoms with E-state index >= 15 is 0 Å². The second kappa shape index (κ2) is 8.61. The number of likely N-dealkylation sites (tertiary alicyclic amines) is 1. The maximum absolute atomic E-state index is 14.1. The summed E-state index contributed by atoms with van der Waals surface area (Å²) in [7, 11) is 1.59. The summed E-state index contributed by atoms with van der Waals surface area (Å²) in [4.78, 5) is 54.1. The molecule has 5 rings (SSSR count). The molecule has 2 saturated heterocycles. The van der Waals surface area contributed by atoms with Gasteiger partial charge in [0.1, 0.15) is 23.7 Å². The molecule has 1 spiro atoms. The first-order valence-electron chi connectivity index (χ1n) is 12.5. The van der Waals surface area contributed by atoms with Crippen LogP contribution in [0.4, 0.5) is 19.3 Å². The number of benzene rings is 2. The number of nitrogens with one attached hydrogen (secondary N) is 2. The first kappa shape index (κ1) is 25.8. The number of likely N-dealkylation sites (N-methyl/N-ethyl adjacent to an activating group) is 1. The van der Waals surface area contributed by atoms with E-state index in [1.54, 1.807) is 40.0 Å². The van der Waals surface area contributed by atoms with Crippen molar-refractivity contribution in [3.05, 3.63) is 64.7 Å². The molecular formula is C28H30F2N4O4. The highest BCUT2D eigenvalue weighted by Crippen LogP contribution is 2.45. The van der Waals surface area contributed by atoms with Crippen molar-refractivity contribution in [1.29, 1.82) is 0 Å². The third kappa shape index (κ3) is 4.02. The highest BCUT2D eigenvalue weighted by molar-refractivity contribution is 6.07. The van der Waals surface area contributed by atoms with Crippen LogP contribution < -0.4 is 10.6 Å². The number of carbonyl (C=O) groups excluding carboxylic acids is 4. The Morgan fingerprint density at radius 3 is 2.26 bits per heavy atom. The minimum atomic E-state index is -1.08. The summed E-state index contributed by atoms with van der Waals surface area (Å²) in [6, 6.07) is 8.06. The maximum atomic E-state index is 14.1. The van der Waals surface area contributed by atoms with Gasteiger partial charge in [-0.3, -0.25) is 19.7 Å². The zero-order chi connectivity index (χ0) is 27.6. The van der Waals surface area contributed by atoms with Crippen LogP contribution in [0, 0.1) is 17.0 Å². The number of nitrogens with zero attached hydrogens (tertiary/aromatic N) is 2. The predicted octanol–water partition coefficient (Wildman–Crippen LogP) is 3.49. The molecule has 8 nitrogen and oxygen atoms in total. The minimum Gasteiger partial charge on any atom is -0.325 e. The fraction of sp³-hybridized carbons (Fsp3) is 0.429. The zero-order valence-electron chi connectivity index (χ0n) is 21.8. The van der Waals surface area contributed by atoms with Gasteiger partial charge in [0.15, 0.2) is 0 Å². The fourth-order valence-electron chi connectivity index (χ4n) is 5.92. The van der Waals surface area contributed by atoms with Crippen molar-refractivity contribution in [2.24, 2.45) is 5.41 Å². The molecule has 2 aromatic rings. The number of piperidine rings is 1. The SMILES string of the molecule is CN1C(=O)NC(=O)C12Cc1ccc(NC(=O)CN3C(=O)C(C)(C)CCC3(C)c3cc(F)cc(F)c3)cc1C2. The standard InChI is InChI=1S/C28H30F2N4O4/c1-26(2)7-8-27(3,18-10-19(29)12-20(30)11-18)34(24(26)37)15-22(35)31-21-6-5-16-13-28(14-17(16)9-21)23(36)32-25(38)33(28)4/h5-6,9-12H,7-8,13-15H2,1-4H3,(H,31,35)(H,32,36,38). The van der Waals surface area contributed by atoms with Crippen molar-refractivity contribution in [2.75, 3.05) is 18.9 Å².